The maximum absolute atomic E-state index is 15.1. The molecule has 354 valence electrons. The Morgan fingerprint density at radius 1 is 0.636 bits per heavy atom. The second kappa shape index (κ2) is 14.5. The molecule has 0 radical (unpaired) electrons. The smallest absolute Gasteiger partial charge is 0.232 e. The third-order valence-electron chi connectivity index (χ3n) is 15.2. The van der Waals surface area contributed by atoms with E-state index >= 15 is 4.79 Å². The van der Waals surface area contributed by atoms with Crippen molar-refractivity contribution in [2.24, 2.45) is 11.8 Å². The number of phenols is 4. The number of aliphatic hydroxyl groups excluding tert-OH is 6. The van der Waals surface area contributed by atoms with Gasteiger partial charge in [-0.3, -0.25) is 19.2 Å². The standard InChI is InChI=1S/C45H48O21/c1-6-8-42(60)40(58)32(54)24(46)14-11-12-10-13-16(25(47)15(12)38(56)44(14,42)61)26(48)20(37(65-5)34(13)63-3)19-27(49)17-18(30(52)36(19)64-4)28(50)21-22(29(17)51)39(57)45(62)23-31(53)33(55)41(59)43(45,9-7-2)66-35(21)23/h10,14,23-24,31-33,35,40-41,46-48,50-51,53-55,58-62H,6-9,11H2,1-5H3/t14-,23+,24+,31+,32-,33-,35+,40+,41+,42+,43-,44-,45-/m1/s1. The number of hydrogen-bond donors (Lipinski definition) is 13. The van der Waals surface area contributed by atoms with Crippen LogP contribution in [-0.2, 0) is 15.9 Å². The summed E-state index contributed by atoms with van der Waals surface area (Å²) in [6.45, 7) is 3.16. The van der Waals surface area contributed by atoms with Gasteiger partial charge in [0.2, 0.25) is 23.1 Å². The van der Waals surface area contributed by atoms with Crippen LogP contribution in [0.3, 0.4) is 0 Å². The lowest BCUT2D eigenvalue weighted by Gasteiger charge is -2.57. The lowest BCUT2D eigenvalue weighted by molar-refractivity contribution is -0.282. The minimum absolute atomic E-state index is 0.0548. The van der Waals surface area contributed by atoms with Crippen LogP contribution in [0.1, 0.15) is 104 Å². The first-order chi connectivity index (χ1) is 31.0. The Balaban J connectivity index is 1.29. The fourth-order valence-corrected chi connectivity index (χ4v) is 12.3. The lowest BCUT2D eigenvalue weighted by atomic mass is 9.54. The minimum atomic E-state index is -3.05. The van der Waals surface area contributed by atoms with Crippen molar-refractivity contribution in [3.8, 4) is 34.5 Å². The number of carbonyl (C=O) groups is 4. The fraction of sp³-hybridized carbons (Fsp3) is 0.511. The van der Waals surface area contributed by atoms with Gasteiger partial charge in [-0.2, -0.15) is 0 Å². The van der Waals surface area contributed by atoms with Gasteiger partial charge in [-0.1, -0.05) is 26.7 Å². The highest BCUT2D eigenvalue weighted by Crippen LogP contribution is 2.67. The Morgan fingerprint density at radius 3 is 1.80 bits per heavy atom. The zero-order chi connectivity index (χ0) is 48.4. The molecule has 0 unspecified atom stereocenters. The summed E-state index contributed by atoms with van der Waals surface area (Å²) in [5.74, 6) is -15.6. The summed E-state index contributed by atoms with van der Waals surface area (Å²) in [7, 11) is 3.09. The van der Waals surface area contributed by atoms with E-state index in [1.54, 1.807) is 13.8 Å². The van der Waals surface area contributed by atoms with E-state index in [-0.39, 0.29) is 36.0 Å². The van der Waals surface area contributed by atoms with E-state index in [0.717, 1.165) is 21.3 Å². The predicted octanol–water partition coefficient (Wildman–Crippen LogP) is -0.920. The second-order valence-electron chi connectivity index (χ2n) is 18.0. The maximum atomic E-state index is 15.1. The number of methoxy groups -OCH3 is 3. The molecule has 66 heavy (non-hydrogen) atoms. The van der Waals surface area contributed by atoms with Crippen LogP contribution >= 0.6 is 0 Å². The van der Waals surface area contributed by atoms with E-state index in [1.807, 2.05) is 0 Å². The fourth-order valence-electron chi connectivity index (χ4n) is 12.3. The lowest BCUT2D eigenvalue weighted by Crippen LogP contribution is -2.79. The van der Waals surface area contributed by atoms with Crippen LogP contribution in [-0.4, -0.2) is 170 Å². The highest BCUT2D eigenvalue weighted by molar-refractivity contribution is 6.43. The average Bonchev–Trinajstić information content (AvgIpc) is 3.45. The molecule has 1 aliphatic heterocycles. The van der Waals surface area contributed by atoms with Gasteiger partial charge in [0.15, 0.2) is 28.5 Å². The number of carbonyl (C=O) groups excluding carboxylic acids is 4. The van der Waals surface area contributed by atoms with Crippen molar-refractivity contribution in [3.63, 3.8) is 0 Å². The number of phenolic OH excluding ortho intramolecular Hbond substituents is 4. The largest absolute Gasteiger partial charge is 0.507 e. The maximum Gasteiger partial charge on any atom is 0.232 e. The van der Waals surface area contributed by atoms with Crippen molar-refractivity contribution in [3.05, 3.63) is 50.8 Å². The number of Topliss-reactive ketones (excluding diaryl/α,β-unsaturated/α-hetero) is 4. The van der Waals surface area contributed by atoms with Crippen LogP contribution in [0.25, 0.3) is 16.3 Å². The Labute approximate surface area is 372 Å². The van der Waals surface area contributed by atoms with Gasteiger partial charge < -0.3 is 85.3 Å². The van der Waals surface area contributed by atoms with Gasteiger partial charge in [-0.25, -0.2) is 0 Å². The number of aromatic hydroxyl groups is 4. The van der Waals surface area contributed by atoms with Crippen LogP contribution in [0.2, 0.25) is 0 Å². The van der Waals surface area contributed by atoms with E-state index < -0.39 is 192 Å². The molecule has 3 aromatic rings. The van der Waals surface area contributed by atoms with Gasteiger partial charge in [0.25, 0.3) is 0 Å². The molecular weight excluding hydrogens is 876 g/mol. The summed E-state index contributed by atoms with van der Waals surface area (Å²) >= 11 is 0. The van der Waals surface area contributed by atoms with Gasteiger partial charge in [0.05, 0.1) is 84.3 Å². The van der Waals surface area contributed by atoms with Gasteiger partial charge in [0.1, 0.15) is 58.6 Å². The predicted molar refractivity (Wildman–Crippen MR) is 219 cm³/mol. The molecule has 13 N–H and O–H groups in total. The average molecular weight is 925 g/mol. The van der Waals surface area contributed by atoms with Crippen molar-refractivity contribution < 1.29 is 105 Å². The normalized spacial score (nSPS) is 36.5. The Hall–Kier alpha value is -5.46. The van der Waals surface area contributed by atoms with Crippen LogP contribution < -0.4 is 9.47 Å². The molecule has 0 amide bonds. The van der Waals surface area contributed by atoms with E-state index in [9.17, 15) is 80.8 Å². The van der Waals surface area contributed by atoms with Crippen LogP contribution in [0.15, 0.2) is 11.8 Å². The van der Waals surface area contributed by atoms with E-state index in [2.05, 4.69) is 0 Å². The first-order valence-corrected chi connectivity index (χ1v) is 21.2. The topological polar surface area (TPSA) is 368 Å². The monoisotopic (exact) mass is 924 g/mol. The molecule has 5 aliphatic carbocycles. The van der Waals surface area contributed by atoms with Crippen molar-refractivity contribution in [2.75, 3.05) is 21.3 Å². The quantitative estimate of drug-likeness (QED) is 0.122. The number of benzene rings is 3. The van der Waals surface area contributed by atoms with Crippen molar-refractivity contribution in [2.45, 2.75) is 111 Å². The third-order valence-corrected chi connectivity index (χ3v) is 15.2. The van der Waals surface area contributed by atoms with Crippen molar-refractivity contribution in [1.82, 2.24) is 0 Å². The van der Waals surface area contributed by atoms with Gasteiger partial charge in [-0.15, -0.1) is 0 Å². The summed E-state index contributed by atoms with van der Waals surface area (Å²) in [5.41, 5.74) is -17.2. The summed E-state index contributed by atoms with van der Waals surface area (Å²) in [6.07, 6.45) is -15.2. The van der Waals surface area contributed by atoms with E-state index in [0.29, 0.717) is 0 Å². The van der Waals surface area contributed by atoms with Crippen LogP contribution in [0.5, 0.6) is 34.5 Å². The Bertz CT molecular complexity index is 2760. The van der Waals surface area contributed by atoms with Gasteiger partial charge >= 0.3 is 0 Å². The summed E-state index contributed by atoms with van der Waals surface area (Å²) < 4.78 is 22.9. The molecule has 9 rings (SSSR count). The molecule has 0 spiro atoms. The highest BCUT2D eigenvalue weighted by Gasteiger charge is 2.80. The molecule has 21 heteroatoms. The molecule has 21 nitrogen and oxygen atoms in total. The first-order valence-electron chi connectivity index (χ1n) is 21.2. The molecule has 6 aliphatic rings. The summed E-state index contributed by atoms with van der Waals surface area (Å²) in [5, 5.41) is 150. The minimum Gasteiger partial charge on any atom is -0.507 e. The summed E-state index contributed by atoms with van der Waals surface area (Å²) in [4.78, 5) is 59.0. The molecule has 4 bridgehead atoms. The molecular formula is C45H48O21. The number of ether oxygens (including phenoxy) is 4. The SMILES string of the molecule is CCC[C@]1(O)[C@@H](O)[C@H](O)[C@@H](O)[C@H]2Cc3cc4c(OC)c(OC)c(C5=C(OC)C(=O)c6c(O)c7c(c(O)c6C5=O)C(=O)[C@]5(O)[C@H]6[C@H](O)[C@@H](O)[C@H](O)[C@@]5(CCC)O[C@@H]76)c(O)c4c(O)c3C(=O)[C@]21O. The molecule has 0 aromatic heterocycles. The van der Waals surface area contributed by atoms with E-state index in [1.165, 1.54) is 6.07 Å². The molecule has 1 heterocycles. The molecule has 2 saturated carbocycles. The van der Waals surface area contributed by atoms with E-state index in [4.69, 9.17) is 18.9 Å². The zero-order valence-electron chi connectivity index (χ0n) is 35.9. The highest BCUT2D eigenvalue weighted by atomic mass is 16.6. The van der Waals surface area contributed by atoms with Gasteiger partial charge in [0, 0.05) is 16.9 Å². The number of fused-ring (bicyclic) bond motifs is 6. The molecule has 3 fully saturated rings. The number of ketones is 4. The molecule has 1 saturated heterocycles. The molecule has 3 aromatic carbocycles. The van der Waals surface area contributed by atoms with Crippen LogP contribution in [0.4, 0.5) is 0 Å². The first kappa shape index (κ1) is 45.7. The number of hydrogen-bond acceptors (Lipinski definition) is 21. The number of aliphatic hydroxyl groups is 9. The Morgan fingerprint density at radius 2 is 1.21 bits per heavy atom. The van der Waals surface area contributed by atoms with Crippen molar-refractivity contribution in [1.29, 1.82) is 0 Å². The second-order valence-corrected chi connectivity index (χ2v) is 18.0. The Kier molecular flexibility index (Phi) is 10.1. The van der Waals surface area contributed by atoms with Gasteiger partial charge in [-0.05, 0) is 30.9 Å². The zero-order valence-corrected chi connectivity index (χ0v) is 35.9. The number of allylic oxidation sites excluding steroid dienone is 2. The molecule has 13 atom stereocenters. The number of rotatable bonds is 8. The van der Waals surface area contributed by atoms with Crippen molar-refractivity contribution >= 4 is 39.5 Å². The van der Waals surface area contributed by atoms with Crippen LogP contribution in [0, 0.1) is 11.8 Å². The summed E-state index contributed by atoms with van der Waals surface area (Å²) in [6, 6.07) is 1.21. The third kappa shape index (κ3) is 4.87.